The summed E-state index contributed by atoms with van der Waals surface area (Å²) in [4.78, 5) is 28.6. The number of anilines is 1. The molecule has 3 aliphatic rings. The van der Waals surface area contributed by atoms with Gasteiger partial charge in [0.05, 0.1) is 11.6 Å². The summed E-state index contributed by atoms with van der Waals surface area (Å²) in [5.74, 6) is -0.0570. The minimum Gasteiger partial charge on any atom is -0.342 e. The highest BCUT2D eigenvalue weighted by atomic mass is 19.1. The van der Waals surface area contributed by atoms with Crippen LogP contribution in [0.2, 0.25) is 0 Å². The molecule has 130 valence electrons. The molecule has 0 unspecified atom stereocenters. The molecule has 1 aliphatic carbocycles. The standard InChI is InChI=1S/C19H20FN3O2/c20-15-7-14(8-15)18(25)22-6-5-19(11-22)9-17(24)23(12-19)16-3-1-13(10-21)2-4-16/h1-4,14-15H,5-9,11-12H2/t14?,15?,19-/m1/s1. The first kappa shape index (κ1) is 16.1. The van der Waals surface area contributed by atoms with Gasteiger partial charge in [-0.05, 0) is 43.5 Å². The zero-order chi connectivity index (χ0) is 17.6. The number of benzene rings is 1. The molecule has 1 saturated carbocycles. The van der Waals surface area contributed by atoms with E-state index in [1.165, 1.54) is 0 Å². The SMILES string of the molecule is N#Cc1ccc(N2C[C@]3(CCN(C(=O)C4CC(F)C4)C3)CC2=O)cc1. The normalized spacial score (nSPS) is 31.3. The van der Waals surface area contributed by atoms with E-state index in [9.17, 15) is 14.0 Å². The second-order valence-corrected chi connectivity index (χ2v) is 7.59. The van der Waals surface area contributed by atoms with Crippen molar-refractivity contribution >= 4 is 17.5 Å². The summed E-state index contributed by atoms with van der Waals surface area (Å²) in [6, 6.07) is 9.08. The third-order valence-electron chi connectivity index (χ3n) is 5.81. The van der Waals surface area contributed by atoms with E-state index in [1.807, 2.05) is 4.90 Å². The number of hydrogen-bond acceptors (Lipinski definition) is 3. The van der Waals surface area contributed by atoms with Gasteiger partial charge in [-0.2, -0.15) is 5.26 Å². The topological polar surface area (TPSA) is 64.4 Å². The molecule has 1 spiro atoms. The van der Waals surface area contributed by atoms with E-state index < -0.39 is 6.17 Å². The Labute approximate surface area is 146 Å². The fourth-order valence-electron chi connectivity index (χ4n) is 4.25. The van der Waals surface area contributed by atoms with Crippen LogP contribution in [0.1, 0.15) is 31.2 Å². The second-order valence-electron chi connectivity index (χ2n) is 7.59. The number of carbonyl (C=O) groups excluding carboxylic acids is 2. The van der Waals surface area contributed by atoms with Crippen LogP contribution < -0.4 is 4.90 Å². The third kappa shape index (κ3) is 2.78. The van der Waals surface area contributed by atoms with Gasteiger partial charge < -0.3 is 9.80 Å². The summed E-state index contributed by atoms with van der Waals surface area (Å²) in [5, 5.41) is 8.89. The van der Waals surface area contributed by atoms with Crippen LogP contribution in [-0.4, -0.2) is 42.5 Å². The number of amides is 2. The van der Waals surface area contributed by atoms with Gasteiger partial charge in [-0.1, -0.05) is 0 Å². The lowest BCUT2D eigenvalue weighted by atomic mass is 9.82. The number of nitriles is 1. The highest BCUT2D eigenvalue weighted by molar-refractivity contribution is 5.96. The van der Waals surface area contributed by atoms with Crippen LogP contribution in [0.3, 0.4) is 0 Å². The van der Waals surface area contributed by atoms with E-state index in [0.29, 0.717) is 44.5 Å². The molecule has 0 aromatic heterocycles. The second kappa shape index (κ2) is 5.83. The van der Waals surface area contributed by atoms with E-state index >= 15 is 0 Å². The largest absolute Gasteiger partial charge is 0.342 e. The molecule has 1 aromatic carbocycles. The van der Waals surface area contributed by atoms with E-state index in [-0.39, 0.29) is 23.1 Å². The highest BCUT2D eigenvalue weighted by Gasteiger charge is 2.50. The maximum atomic E-state index is 13.0. The van der Waals surface area contributed by atoms with Gasteiger partial charge in [0, 0.05) is 43.1 Å². The van der Waals surface area contributed by atoms with Crippen LogP contribution in [0.25, 0.3) is 0 Å². The minimum absolute atomic E-state index is 0.0510. The van der Waals surface area contributed by atoms with E-state index in [2.05, 4.69) is 6.07 Å². The number of alkyl halides is 1. The van der Waals surface area contributed by atoms with Crippen LogP contribution in [0.5, 0.6) is 0 Å². The van der Waals surface area contributed by atoms with Crippen molar-refractivity contribution in [3.63, 3.8) is 0 Å². The van der Waals surface area contributed by atoms with Crippen LogP contribution >= 0.6 is 0 Å². The monoisotopic (exact) mass is 341 g/mol. The van der Waals surface area contributed by atoms with E-state index in [0.717, 1.165) is 12.1 Å². The van der Waals surface area contributed by atoms with Gasteiger partial charge in [-0.3, -0.25) is 9.59 Å². The quantitative estimate of drug-likeness (QED) is 0.829. The Morgan fingerprint density at radius 1 is 1.24 bits per heavy atom. The van der Waals surface area contributed by atoms with Gasteiger partial charge in [0.15, 0.2) is 0 Å². The van der Waals surface area contributed by atoms with Crippen molar-refractivity contribution in [3.8, 4) is 6.07 Å². The predicted molar refractivity (Wildman–Crippen MR) is 89.4 cm³/mol. The zero-order valence-corrected chi connectivity index (χ0v) is 13.9. The van der Waals surface area contributed by atoms with Crippen molar-refractivity contribution < 1.29 is 14.0 Å². The van der Waals surface area contributed by atoms with Gasteiger partial charge in [0.1, 0.15) is 6.17 Å². The maximum Gasteiger partial charge on any atom is 0.227 e. The maximum absolute atomic E-state index is 13.0. The first-order chi connectivity index (χ1) is 12.0. The molecule has 6 heteroatoms. The molecule has 2 amide bonds. The molecule has 4 rings (SSSR count). The third-order valence-corrected chi connectivity index (χ3v) is 5.81. The number of halogens is 1. The molecule has 2 saturated heterocycles. The highest BCUT2D eigenvalue weighted by Crippen LogP contribution is 2.43. The summed E-state index contributed by atoms with van der Waals surface area (Å²) >= 11 is 0. The lowest BCUT2D eigenvalue weighted by Gasteiger charge is -2.32. The molecule has 2 aliphatic heterocycles. The molecule has 0 N–H and O–H groups in total. The lowest BCUT2D eigenvalue weighted by Crippen LogP contribution is -2.42. The molecule has 0 radical (unpaired) electrons. The van der Waals surface area contributed by atoms with Crippen LogP contribution in [-0.2, 0) is 9.59 Å². The number of hydrogen-bond donors (Lipinski definition) is 0. The molecule has 2 heterocycles. The molecule has 0 bridgehead atoms. The number of rotatable bonds is 2. The summed E-state index contributed by atoms with van der Waals surface area (Å²) in [5.41, 5.74) is 1.17. The van der Waals surface area contributed by atoms with Crippen molar-refractivity contribution in [2.75, 3.05) is 24.5 Å². The first-order valence-electron chi connectivity index (χ1n) is 8.73. The van der Waals surface area contributed by atoms with Gasteiger partial charge in [-0.15, -0.1) is 0 Å². The Kier molecular flexibility index (Phi) is 3.75. The number of nitrogens with zero attached hydrogens (tertiary/aromatic N) is 3. The van der Waals surface area contributed by atoms with E-state index in [1.54, 1.807) is 29.2 Å². The molecule has 5 nitrogen and oxygen atoms in total. The molecular formula is C19H20FN3O2. The average molecular weight is 341 g/mol. The molecule has 1 aromatic rings. The van der Waals surface area contributed by atoms with Crippen molar-refractivity contribution in [2.24, 2.45) is 11.3 Å². The van der Waals surface area contributed by atoms with Crippen molar-refractivity contribution in [1.29, 1.82) is 5.26 Å². The zero-order valence-electron chi connectivity index (χ0n) is 13.9. The minimum atomic E-state index is -0.828. The first-order valence-corrected chi connectivity index (χ1v) is 8.73. The molecular weight excluding hydrogens is 321 g/mol. The Morgan fingerprint density at radius 3 is 2.60 bits per heavy atom. The fourth-order valence-corrected chi connectivity index (χ4v) is 4.25. The number of carbonyl (C=O) groups is 2. The van der Waals surface area contributed by atoms with Crippen LogP contribution in [0, 0.1) is 22.7 Å². The summed E-state index contributed by atoms with van der Waals surface area (Å²) in [7, 11) is 0. The van der Waals surface area contributed by atoms with Gasteiger partial charge >= 0.3 is 0 Å². The smallest absolute Gasteiger partial charge is 0.227 e. The summed E-state index contributed by atoms with van der Waals surface area (Å²) in [6.07, 6.45) is 1.11. The van der Waals surface area contributed by atoms with Crippen LogP contribution in [0.15, 0.2) is 24.3 Å². The van der Waals surface area contributed by atoms with E-state index in [4.69, 9.17) is 5.26 Å². The Bertz CT molecular complexity index is 751. The Morgan fingerprint density at radius 2 is 1.96 bits per heavy atom. The van der Waals surface area contributed by atoms with Gasteiger partial charge in [-0.25, -0.2) is 4.39 Å². The average Bonchev–Trinajstić information content (AvgIpc) is 3.15. The summed E-state index contributed by atoms with van der Waals surface area (Å²) in [6.45, 7) is 1.83. The molecule has 1 atom stereocenters. The van der Waals surface area contributed by atoms with Crippen molar-refractivity contribution in [2.45, 2.75) is 31.9 Å². The van der Waals surface area contributed by atoms with Crippen LogP contribution in [0.4, 0.5) is 10.1 Å². The summed E-state index contributed by atoms with van der Waals surface area (Å²) < 4.78 is 13.0. The Hall–Kier alpha value is -2.42. The fraction of sp³-hybridized carbons (Fsp3) is 0.526. The van der Waals surface area contributed by atoms with Crippen molar-refractivity contribution in [3.05, 3.63) is 29.8 Å². The molecule has 25 heavy (non-hydrogen) atoms. The molecule has 3 fully saturated rings. The number of likely N-dealkylation sites (tertiary alicyclic amines) is 1. The lowest BCUT2D eigenvalue weighted by molar-refractivity contribution is -0.139. The predicted octanol–water partition coefficient (Wildman–Crippen LogP) is 2.26. The van der Waals surface area contributed by atoms with Gasteiger partial charge in [0.2, 0.25) is 11.8 Å². The van der Waals surface area contributed by atoms with Crippen molar-refractivity contribution in [1.82, 2.24) is 4.90 Å². The Balaban J connectivity index is 1.44. The van der Waals surface area contributed by atoms with Gasteiger partial charge in [0.25, 0.3) is 0 Å².